The van der Waals surface area contributed by atoms with Crippen LogP contribution in [0.2, 0.25) is 0 Å². The number of carbonyl (C=O) groups excluding carboxylic acids is 2. The summed E-state index contributed by atoms with van der Waals surface area (Å²) in [5.74, 6) is -0.720. The lowest BCUT2D eigenvalue weighted by molar-refractivity contribution is -0.122. The predicted molar refractivity (Wildman–Crippen MR) is 80.3 cm³/mol. The quantitative estimate of drug-likeness (QED) is 0.815. The van der Waals surface area contributed by atoms with Gasteiger partial charge in [0, 0.05) is 17.7 Å². The molecule has 1 aliphatic rings. The van der Waals surface area contributed by atoms with Gasteiger partial charge in [-0.15, -0.1) is 0 Å². The summed E-state index contributed by atoms with van der Waals surface area (Å²) in [5, 5.41) is 14.1. The van der Waals surface area contributed by atoms with Crippen LogP contribution in [-0.2, 0) is 4.79 Å². The van der Waals surface area contributed by atoms with Gasteiger partial charge in [0.25, 0.3) is 5.91 Å². The molecule has 1 aromatic carbocycles. The van der Waals surface area contributed by atoms with Crippen LogP contribution in [0.1, 0.15) is 37.0 Å². The highest BCUT2D eigenvalue weighted by atomic mass is 16.2. The molecule has 7 heteroatoms. The second-order valence-corrected chi connectivity index (χ2v) is 5.28. The summed E-state index contributed by atoms with van der Waals surface area (Å²) in [6.07, 6.45) is 0.216. The van der Waals surface area contributed by atoms with Gasteiger partial charge in [-0.2, -0.15) is 10.4 Å². The van der Waals surface area contributed by atoms with E-state index in [1.165, 1.54) is 5.01 Å². The third-order valence-corrected chi connectivity index (χ3v) is 3.26. The Morgan fingerprint density at radius 3 is 2.73 bits per heavy atom. The van der Waals surface area contributed by atoms with Gasteiger partial charge < -0.3 is 0 Å². The monoisotopic (exact) mass is 299 g/mol. The van der Waals surface area contributed by atoms with Gasteiger partial charge in [-0.1, -0.05) is 18.2 Å². The molecule has 0 unspecified atom stereocenters. The topological polar surface area (TPSA) is 97.6 Å². The summed E-state index contributed by atoms with van der Waals surface area (Å²) in [6.45, 7) is 3.58. The number of rotatable bonds is 4. The number of nitriles is 1. The summed E-state index contributed by atoms with van der Waals surface area (Å²) in [5.41, 5.74) is 5.67. The van der Waals surface area contributed by atoms with Gasteiger partial charge in [0.2, 0.25) is 5.91 Å². The third-order valence-electron chi connectivity index (χ3n) is 3.26. The highest BCUT2D eigenvalue weighted by molar-refractivity contribution is 5.97. The van der Waals surface area contributed by atoms with E-state index in [0.717, 1.165) is 5.71 Å². The van der Waals surface area contributed by atoms with Gasteiger partial charge in [-0.05, 0) is 26.0 Å². The first-order chi connectivity index (χ1) is 10.5. The third kappa shape index (κ3) is 3.30. The van der Waals surface area contributed by atoms with Crippen molar-refractivity contribution in [2.45, 2.75) is 32.4 Å². The van der Waals surface area contributed by atoms with E-state index >= 15 is 0 Å². The SMILES string of the molecule is CC1=NN(C(=O)c2ccccc2)[C@](C)(NNC(=O)CC#N)C1. The molecule has 22 heavy (non-hydrogen) atoms. The Kier molecular flexibility index (Phi) is 4.53. The van der Waals surface area contributed by atoms with Crippen LogP contribution in [0, 0.1) is 11.3 Å². The minimum Gasteiger partial charge on any atom is -0.288 e. The predicted octanol–water partition coefficient (Wildman–Crippen LogP) is 1.16. The van der Waals surface area contributed by atoms with Gasteiger partial charge in [0.05, 0.1) is 6.07 Å². The van der Waals surface area contributed by atoms with Crippen molar-refractivity contribution in [2.75, 3.05) is 0 Å². The van der Waals surface area contributed by atoms with E-state index in [1.807, 2.05) is 13.0 Å². The minimum absolute atomic E-state index is 0.254. The van der Waals surface area contributed by atoms with Gasteiger partial charge >= 0.3 is 0 Å². The summed E-state index contributed by atoms with van der Waals surface area (Å²) >= 11 is 0. The molecule has 0 bridgehead atoms. The molecule has 2 amide bonds. The zero-order chi connectivity index (χ0) is 16.2. The molecule has 1 atom stereocenters. The van der Waals surface area contributed by atoms with E-state index in [-0.39, 0.29) is 12.3 Å². The lowest BCUT2D eigenvalue weighted by Crippen LogP contribution is -2.60. The van der Waals surface area contributed by atoms with Crippen LogP contribution < -0.4 is 10.9 Å². The molecule has 0 saturated carbocycles. The van der Waals surface area contributed by atoms with Crippen LogP contribution in [0.5, 0.6) is 0 Å². The van der Waals surface area contributed by atoms with Crippen LogP contribution in [0.25, 0.3) is 0 Å². The molecule has 114 valence electrons. The van der Waals surface area contributed by atoms with Crippen molar-refractivity contribution in [1.29, 1.82) is 5.26 Å². The maximum Gasteiger partial charge on any atom is 0.275 e. The van der Waals surface area contributed by atoms with Crippen molar-refractivity contribution in [3.8, 4) is 6.07 Å². The molecule has 0 spiro atoms. The van der Waals surface area contributed by atoms with Gasteiger partial charge in [-0.25, -0.2) is 10.4 Å². The Morgan fingerprint density at radius 2 is 2.09 bits per heavy atom. The van der Waals surface area contributed by atoms with Crippen LogP contribution in [-0.4, -0.2) is 28.2 Å². The van der Waals surface area contributed by atoms with Crippen LogP contribution in [0.15, 0.2) is 35.4 Å². The number of nitrogens with one attached hydrogen (secondary N) is 2. The Labute approximate surface area is 128 Å². The highest BCUT2D eigenvalue weighted by Crippen LogP contribution is 2.26. The van der Waals surface area contributed by atoms with Crippen molar-refractivity contribution in [3.63, 3.8) is 0 Å². The number of hydrogen-bond donors (Lipinski definition) is 2. The number of amides is 2. The first-order valence-electron chi connectivity index (χ1n) is 6.83. The molecular formula is C15H17N5O2. The Balaban J connectivity index is 2.15. The molecule has 1 aliphatic heterocycles. The van der Waals surface area contributed by atoms with Crippen molar-refractivity contribution in [3.05, 3.63) is 35.9 Å². The Morgan fingerprint density at radius 1 is 1.41 bits per heavy atom. The molecule has 0 aliphatic carbocycles. The molecule has 0 aromatic heterocycles. The Bertz CT molecular complexity index is 650. The van der Waals surface area contributed by atoms with E-state index in [1.54, 1.807) is 37.3 Å². The van der Waals surface area contributed by atoms with E-state index < -0.39 is 11.6 Å². The largest absolute Gasteiger partial charge is 0.288 e. The van der Waals surface area contributed by atoms with E-state index in [2.05, 4.69) is 16.0 Å². The average Bonchev–Trinajstić information content (AvgIpc) is 2.81. The molecule has 1 heterocycles. The summed E-state index contributed by atoms with van der Waals surface area (Å²) < 4.78 is 0. The number of hydrogen-bond acceptors (Lipinski definition) is 5. The van der Waals surface area contributed by atoms with Gasteiger partial charge in [0.1, 0.15) is 12.1 Å². The fraction of sp³-hybridized carbons (Fsp3) is 0.333. The van der Waals surface area contributed by atoms with Crippen molar-refractivity contribution in [2.24, 2.45) is 5.10 Å². The zero-order valence-electron chi connectivity index (χ0n) is 12.5. The van der Waals surface area contributed by atoms with Crippen LogP contribution >= 0.6 is 0 Å². The molecule has 1 aromatic rings. The lowest BCUT2D eigenvalue weighted by Gasteiger charge is -2.33. The van der Waals surface area contributed by atoms with E-state index in [4.69, 9.17) is 5.26 Å². The van der Waals surface area contributed by atoms with Crippen molar-refractivity contribution < 1.29 is 9.59 Å². The second kappa shape index (κ2) is 6.37. The average molecular weight is 299 g/mol. The van der Waals surface area contributed by atoms with Crippen molar-refractivity contribution >= 4 is 17.5 Å². The number of nitrogens with zero attached hydrogens (tertiary/aromatic N) is 3. The number of benzene rings is 1. The molecule has 2 N–H and O–H groups in total. The molecule has 0 saturated heterocycles. The molecule has 2 rings (SSSR count). The normalized spacial score (nSPS) is 20.2. The maximum absolute atomic E-state index is 12.6. The standard InChI is InChI=1S/C15H17N5O2/c1-11-10-15(2,19-17-13(21)8-9-16)20(18-11)14(22)12-6-4-3-5-7-12/h3-7,19H,8,10H2,1-2H3,(H,17,21)/t15-/m0/s1. The number of carbonyl (C=O) groups is 2. The fourth-order valence-corrected chi connectivity index (χ4v) is 2.28. The fourth-order valence-electron chi connectivity index (χ4n) is 2.28. The molecule has 0 fully saturated rings. The zero-order valence-corrected chi connectivity index (χ0v) is 12.5. The van der Waals surface area contributed by atoms with E-state index in [0.29, 0.717) is 12.0 Å². The van der Waals surface area contributed by atoms with E-state index in [9.17, 15) is 9.59 Å². The maximum atomic E-state index is 12.6. The summed E-state index contributed by atoms with van der Waals surface area (Å²) in [6, 6.07) is 10.6. The highest BCUT2D eigenvalue weighted by Gasteiger charge is 2.41. The van der Waals surface area contributed by atoms with Gasteiger partial charge in [-0.3, -0.25) is 15.0 Å². The first kappa shape index (κ1) is 15.7. The molecule has 7 nitrogen and oxygen atoms in total. The minimum atomic E-state index is -0.873. The number of hydrazine groups is 1. The second-order valence-electron chi connectivity index (χ2n) is 5.28. The first-order valence-corrected chi connectivity index (χ1v) is 6.83. The van der Waals surface area contributed by atoms with Crippen molar-refractivity contribution in [1.82, 2.24) is 15.9 Å². The Hall–Kier alpha value is -2.72. The smallest absolute Gasteiger partial charge is 0.275 e. The lowest BCUT2D eigenvalue weighted by atomic mass is 10.1. The summed E-state index contributed by atoms with van der Waals surface area (Å²) in [7, 11) is 0. The number of hydrazone groups is 1. The van der Waals surface area contributed by atoms with Crippen LogP contribution in [0.3, 0.4) is 0 Å². The van der Waals surface area contributed by atoms with Crippen LogP contribution in [0.4, 0.5) is 0 Å². The summed E-state index contributed by atoms with van der Waals surface area (Å²) in [4.78, 5) is 24.0. The molecular weight excluding hydrogens is 282 g/mol. The molecule has 0 radical (unpaired) electrons. The van der Waals surface area contributed by atoms with Gasteiger partial charge in [0.15, 0.2) is 0 Å².